The summed E-state index contributed by atoms with van der Waals surface area (Å²) in [6, 6.07) is 5.00. The molecule has 0 atom stereocenters. The zero-order valence-electron chi connectivity index (χ0n) is 5.67. The summed E-state index contributed by atoms with van der Waals surface area (Å²) in [6.07, 6.45) is 8.22. The SMILES string of the molecule is [c]1cnc2c(c1)CCC=C2. The van der Waals surface area contributed by atoms with Gasteiger partial charge in [-0.25, -0.2) is 0 Å². The Hall–Kier alpha value is -1.11. The van der Waals surface area contributed by atoms with Gasteiger partial charge in [-0.05, 0) is 30.5 Å². The van der Waals surface area contributed by atoms with Gasteiger partial charge in [0.15, 0.2) is 0 Å². The Balaban J connectivity index is 2.54. The fourth-order valence-electron chi connectivity index (χ4n) is 1.19. The molecule has 1 nitrogen and oxygen atoms in total. The van der Waals surface area contributed by atoms with Gasteiger partial charge in [-0.1, -0.05) is 6.08 Å². The maximum atomic E-state index is 4.18. The van der Waals surface area contributed by atoms with E-state index in [2.05, 4.69) is 23.2 Å². The standard InChI is InChI=1S/C9H8N/c1-2-6-9-8(4-1)5-3-7-10-9/h2,5-7H,1,4H2. The van der Waals surface area contributed by atoms with Crippen molar-refractivity contribution in [2.45, 2.75) is 12.8 Å². The molecular weight excluding hydrogens is 122 g/mol. The molecule has 1 aromatic rings. The molecule has 49 valence electrons. The van der Waals surface area contributed by atoms with E-state index in [1.165, 1.54) is 5.56 Å². The lowest BCUT2D eigenvalue weighted by Gasteiger charge is -2.06. The van der Waals surface area contributed by atoms with Crippen LogP contribution in [0.15, 0.2) is 18.3 Å². The summed E-state index contributed by atoms with van der Waals surface area (Å²) >= 11 is 0. The molecular formula is C9H8N. The third kappa shape index (κ3) is 0.838. The zero-order valence-corrected chi connectivity index (χ0v) is 5.67. The first-order valence-corrected chi connectivity index (χ1v) is 3.48. The normalized spacial score (nSPS) is 14.8. The van der Waals surface area contributed by atoms with Crippen molar-refractivity contribution in [3.05, 3.63) is 35.7 Å². The zero-order chi connectivity index (χ0) is 6.81. The lowest BCUT2D eigenvalue weighted by atomic mass is 10.0. The van der Waals surface area contributed by atoms with Gasteiger partial charge >= 0.3 is 0 Å². The first-order chi connectivity index (χ1) is 4.97. The summed E-state index contributed by atoms with van der Waals surface area (Å²) in [6.45, 7) is 0. The van der Waals surface area contributed by atoms with Crippen molar-refractivity contribution in [3.8, 4) is 0 Å². The van der Waals surface area contributed by atoms with E-state index >= 15 is 0 Å². The highest BCUT2D eigenvalue weighted by Gasteiger charge is 2.02. The molecule has 0 spiro atoms. The van der Waals surface area contributed by atoms with E-state index in [1.807, 2.05) is 6.07 Å². The minimum absolute atomic E-state index is 1.12. The van der Waals surface area contributed by atoms with Crippen molar-refractivity contribution >= 4 is 6.08 Å². The van der Waals surface area contributed by atoms with Crippen LogP contribution in [0.5, 0.6) is 0 Å². The largest absolute Gasteiger partial charge is 0.256 e. The Bertz CT molecular complexity index is 263. The van der Waals surface area contributed by atoms with Gasteiger partial charge in [-0.3, -0.25) is 4.98 Å². The van der Waals surface area contributed by atoms with E-state index < -0.39 is 0 Å². The van der Waals surface area contributed by atoms with E-state index in [4.69, 9.17) is 0 Å². The summed E-state index contributed by atoms with van der Waals surface area (Å²) in [5, 5.41) is 0. The lowest BCUT2D eigenvalue weighted by Crippen LogP contribution is -1.95. The van der Waals surface area contributed by atoms with E-state index in [1.54, 1.807) is 6.20 Å². The first-order valence-electron chi connectivity index (χ1n) is 3.48. The Morgan fingerprint density at radius 2 is 2.50 bits per heavy atom. The number of pyridine rings is 1. The van der Waals surface area contributed by atoms with Crippen molar-refractivity contribution in [1.82, 2.24) is 4.98 Å². The molecule has 0 saturated carbocycles. The molecule has 1 radical (unpaired) electrons. The molecule has 2 rings (SSSR count). The highest BCUT2D eigenvalue weighted by Crippen LogP contribution is 2.14. The summed E-state index contributed by atoms with van der Waals surface area (Å²) < 4.78 is 0. The Morgan fingerprint density at radius 3 is 3.40 bits per heavy atom. The lowest BCUT2D eigenvalue weighted by molar-refractivity contribution is 0.963. The molecule has 0 amide bonds. The highest BCUT2D eigenvalue weighted by molar-refractivity contribution is 5.51. The predicted octanol–water partition coefficient (Wildman–Crippen LogP) is 1.84. The Morgan fingerprint density at radius 1 is 1.50 bits per heavy atom. The molecule has 0 unspecified atom stereocenters. The fourth-order valence-corrected chi connectivity index (χ4v) is 1.19. The Kier molecular flexibility index (Phi) is 1.28. The van der Waals surface area contributed by atoms with Gasteiger partial charge in [-0.15, -0.1) is 0 Å². The monoisotopic (exact) mass is 130 g/mol. The smallest absolute Gasteiger partial charge is 0.0658 e. The second-order valence-corrected chi connectivity index (χ2v) is 2.42. The van der Waals surface area contributed by atoms with E-state index in [9.17, 15) is 0 Å². The van der Waals surface area contributed by atoms with E-state index in [-0.39, 0.29) is 0 Å². The number of rotatable bonds is 0. The van der Waals surface area contributed by atoms with Crippen molar-refractivity contribution in [2.24, 2.45) is 0 Å². The van der Waals surface area contributed by atoms with Crippen LogP contribution in [-0.4, -0.2) is 4.98 Å². The highest BCUT2D eigenvalue weighted by atomic mass is 14.7. The number of fused-ring (bicyclic) bond motifs is 1. The van der Waals surface area contributed by atoms with Crippen LogP contribution in [-0.2, 0) is 6.42 Å². The topological polar surface area (TPSA) is 12.9 Å². The number of allylic oxidation sites excluding steroid dienone is 1. The van der Waals surface area contributed by atoms with Gasteiger partial charge in [-0.2, -0.15) is 0 Å². The summed E-state index contributed by atoms with van der Waals surface area (Å²) in [4.78, 5) is 4.18. The second kappa shape index (κ2) is 2.25. The first kappa shape index (κ1) is 5.66. The van der Waals surface area contributed by atoms with Crippen LogP contribution < -0.4 is 0 Å². The molecule has 0 saturated heterocycles. The maximum absolute atomic E-state index is 4.18. The number of nitrogens with zero attached hydrogens (tertiary/aromatic N) is 1. The van der Waals surface area contributed by atoms with Crippen molar-refractivity contribution in [3.63, 3.8) is 0 Å². The quantitative estimate of drug-likeness (QED) is 0.522. The van der Waals surface area contributed by atoms with Gasteiger partial charge in [0.2, 0.25) is 0 Å². The van der Waals surface area contributed by atoms with Crippen LogP contribution in [0, 0.1) is 6.07 Å². The average Bonchev–Trinajstić information content (AvgIpc) is 2.05. The molecule has 0 aliphatic heterocycles. The third-order valence-electron chi connectivity index (χ3n) is 1.72. The summed E-state index contributed by atoms with van der Waals surface area (Å²) in [5.41, 5.74) is 2.44. The predicted molar refractivity (Wildman–Crippen MR) is 40.4 cm³/mol. The molecule has 1 aromatic heterocycles. The average molecular weight is 130 g/mol. The molecule has 0 aromatic carbocycles. The minimum atomic E-state index is 1.12. The molecule has 1 heteroatoms. The molecule has 0 bridgehead atoms. The van der Waals surface area contributed by atoms with E-state index in [0.717, 1.165) is 18.5 Å². The van der Waals surface area contributed by atoms with Gasteiger partial charge in [0.05, 0.1) is 5.69 Å². The summed E-state index contributed by atoms with van der Waals surface area (Å²) in [5.74, 6) is 0. The number of aromatic nitrogens is 1. The van der Waals surface area contributed by atoms with Crippen molar-refractivity contribution in [1.29, 1.82) is 0 Å². The van der Waals surface area contributed by atoms with Gasteiger partial charge < -0.3 is 0 Å². The molecule has 1 heterocycles. The van der Waals surface area contributed by atoms with Gasteiger partial charge in [0.1, 0.15) is 0 Å². The Labute approximate surface area is 60.4 Å². The molecule has 0 fully saturated rings. The number of hydrogen-bond donors (Lipinski definition) is 0. The minimum Gasteiger partial charge on any atom is -0.256 e. The van der Waals surface area contributed by atoms with Crippen LogP contribution in [0.1, 0.15) is 17.7 Å². The second-order valence-electron chi connectivity index (χ2n) is 2.42. The number of aryl methyl sites for hydroxylation is 1. The summed E-state index contributed by atoms with van der Waals surface area (Å²) in [7, 11) is 0. The van der Waals surface area contributed by atoms with Crippen LogP contribution in [0.4, 0.5) is 0 Å². The molecule has 1 aliphatic carbocycles. The molecule has 0 N–H and O–H groups in total. The van der Waals surface area contributed by atoms with Crippen molar-refractivity contribution < 1.29 is 0 Å². The van der Waals surface area contributed by atoms with E-state index in [0.29, 0.717) is 0 Å². The molecule has 10 heavy (non-hydrogen) atoms. The van der Waals surface area contributed by atoms with Crippen LogP contribution in [0.2, 0.25) is 0 Å². The number of hydrogen-bond acceptors (Lipinski definition) is 1. The maximum Gasteiger partial charge on any atom is 0.0658 e. The van der Waals surface area contributed by atoms with Crippen LogP contribution >= 0.6 is 0 Å². The van der Waals surface area contributed by atoms with Crippen LogP contribution in [0.3, 0.4) is 0 Å². The molecule has 1 aliphatic rings. The fraction of sp³-hybridized carbons (Fsp3) is 0.222. The van der Waals surface area contributed by atoms with Gasteiger partial charge in [0, 0.05) is 12.3 Å². The van der Waals surface area contributed by atoms with Gasteiger partial charge in [0.25, 0.3) is 0 Å². The van der Waals surface area contributed by atoms with Crippen molar-refractivity contribution in [2.75, 3.05) is 0 Å². The third-order valence-corrected chi connectivity index (χ3v) is 1.72. The van der Waals surface area contributed by atoms with Crippen LogP contribution in [0.25, 0.3) is 6.08 Å².